The third-order valence-corrected chi connectivity index (χ3v) is 4.50. The minimum atomic E-state index is -0.414. The van der Waals surface area contributed by atoms with E-state index in [1.807, 2.05) is 48.5 Å². The second-order valence-corrected chi connectivity index (χ2v) is 6.82. The quantitative estimate of drug-likeness (QED) is 0.433. The van der Waals surface area contributed by atoms with Gasteiger partial charge in [0.25, 0.3) is 5.91 Å². The summed E-state index contributed by atoms with van der Waals surface area (Å²) in [5, 5.41) is 12.8. The molecule has 1 aromatic heterocycles. The van der Waals surface area contributed by atoms with Crippen molar-refractivity contribution in [2.24, 2.45) is 0 Å². The van der Waals surface area contributed by atoms with Crippen LogP contribution in [0.4, 0.5) is 5.82 Å². The molecule has 0 fully saturated rings. The average molecular weight is 446 g/mol. The molecule has 0 aliphatic carbocycles. The normalized spacial score (nSPS) is 10.6. The van der Waals surface area contributed by atoms with Gasteiger partial charge < -0.3 is 21.1 Å². The van der Waals surface area contributed by atoms with E-state index in [9.17, 15) is 4.79 Å². The van der Waals surface area contributed by atoms with Crippen molar-refractivity contribution in [1.82, 2.24) is 20.9 Å². The molecule has 146 valence electrons. The zero-order chi connectivity index (χ0) is 19.8. The van der Waals surface area contributed by atoms with Gasteiger partial charge in [-0.05, 0) is 49.5 Å². The van der Waals surface area contributed by atoms with Crippen LogP contribution < -0.4 is 21.1 Å². The van der Waals surface area contributed by atoms with Gasteiger partial charge in [-0.1, -0.05) is 36.4 Å². The van der Waals surface area contributed by atoms with Crippen molar-refractivity contribution in [2.45, 2.75) is 13.2 Å². The highest BCUT2D eigenvalue weighted by Crippen LogP contribution is 2.26. The number of ether oxygens (including phenoxy) is 1. The Labute approximate surface area is 170 Å². The molecule has 0 radical (unpaired) electrons. The number of halogens is 1. The molecule has 1 heterocycles. The Morgan fingerprint density at radius 1 is 1.11 bits per heavy atom. The van der Waals surface area contributed by atoms with Crippen LogP contribution in [0.5, 0.6) is 5.75 Å². The molecule has 0 unspecified atom stereocenters. The summed E-state index contributed by atoms with van der Waals surface area (Å²) in [4.78, 5) is 11.8. The fraction of sp³-hybridized carbons (Fsp3) is 0.211. The third kappa shape index (κ3) is 5.54. The Bertz CT molecular complexity index is 917. The maximum absolute atomic E-state index is 11.8. The van der Waals surface area contributed by atoms with Crippen LogP contribution in [0.1, 0.15) is 21.6 Å². The van der Waals surface area contributed by atoms with E-state index in [1.165, 1.54) is 0 Å². The maximum Gasteiger partial charge on any atom is 0.277 e. The minimum Gasteiger partial charge on any atom is -0.488 e. The first-order chi connectivity index (χ1) is 13.6. The van der Waals surface area contributed by atoms with Gasteiger partial charge in [0.1, 0.15) is 12.4 Å². The topological polar surface area (TPSA) is 115 Å². The zero-order valence-electron chi connectivity index (χ0n) is 15.0. The molecule has 2 aromatic carbocycles. The van der Waals surface area contributed by atoms with Gasteiger partial charge in [0.2, 0.25) is 11.5 Å². The lowest BCUT2D eigenvalue weighted by Crippen LogP contribution is -2.32. The number of hydrogen-bond donors (Lipinski definition) is 3. The number of benzene rings is 2. The molecule has 28 heavy (non-hydrogen) atoms. The van der Waals surface area contributed by atoms with Gasteiger partial charge in [-0.25, -0.2) is 4.63 Å². The van der Waals surface area contributed by atoms with E-state index in [0.29, 0.717) is 26.2 Å². The van der Waals surface area contributed by atoms with Crippen LogP contribution in [0.25, 0.3) is 0 Å². The molecule has 0 aliphatic heterocycles. The molecule has 0 bridgehead atoms. The van der Waals surface area contributed by atoms with E-state index < -0.39 is 5.91 Å². The molecule has 0 spiro atoms. The standard InChI is InChI=1S/C19H20BrN5O3/c20-15-10-14(6-7-16(15)27-12-13-4-2-1-3-5-13)11-22-8-9-23-19(26)17-18(21)25-28-24-17/h1-7,10,22H,8-9,11-12H2,(H2,21,25)(H,23,26). The van der Waals surface area contributed by atoms with Gasteiger partial charge >= 0.3 is 0 Å². The molecular weight excluding hydrogens is 426 g/mol. The van der Waals surface area contributed by atoms with E-state index in [-0.39, 0.29) is 11.5 Å². The highest BCUT2D eigenvalue weighted by atomic mass is 79.9. The molecule has 0 saturated carbocycles. The average Bonchev–Trinajstić information content (AvgIpc) is 3.14. The van der Waals surface area contributed by atoms with Crippen LogP contribution in [0, 0.1) is 0 Å². The first-order valence-electron chi connectivity index (χ1n) is 8.65. The van der Waals surface area contributed by atoms with E-state index in [2.05, 4.69) is 41.5 Å². The summed E-state index contributed by atoms with van der Waals surface area (Å²) < 4.78 is 11.1. The predicted molar refractivity (Wildman–Crippen MR) is 108 cm³/mol. The van der Waals surface area contributed by atoms with Crippen molar-refractivity contribution in [1.29, 1.82) is 0 Å². The second-order valence-electron chi connectivity index (χ2n) is 5.97. The SMILES string of the molecule is Nc1nonc1C(=O)NCCNCc1ccc(OCc2ccccc2)c(Br)c1. The molecule has 4 N–H and O–H groups in total. The van der Waals surface area contributed by atoms with Crippen molar-refractivity contribution in [3.05, 3.63) is 69.8 Å². The van der Waals surface area contributed by atoms with Crippen LogP contribution >= 0.6 is 15.9 Å². The zero-order valence-corrected chi connectivity index (χ0v) is 16.6. The molecule has 9 heteroatoms. The van der Waals surface area contributed by atoms with Crippen LogP contribution in [-0.2, 0) is 13.2 Å². The lowest BCUT2D eigenvalue weighted by Gasteiger charge is -2.11. The van der Waals surface area contributed by atoms with Gasteiger partial charge in [-0.15, -0.1) is 0 Å². The highest BCUT2D eigenvalue weighted by molar-refractivity contribution is 9.10. The number of nitrogens with two attached hydrogens (primary N) is 1. The van der Waals surface area contributed by atoms with E-state index >= 15 is 0 Å². The van der Waals surface area contributed by atoms with Crippen LogP contribution in [0.15, 0.2) is 57.6 Å². The molecule has 3 aromatic rings. The van der Waals surface area contributed by atoms with Crippen molar-refractivity contribution >= 4 is 27.7 Å². The Hall–Kier alpha value is -2.91. The van der Waals surface area contributed by atoms with Crippen molar-refractivity contribution < 1.29 is 14.2 Å². The molecule has 3 rings (SSSR count). The lowest BCUT2D eigenvalue weighted by molar-refractivity contribution is 0.0944. The highest BCUT2D eigenvalue weighted by Gasteiger charge is 2.14. The summed E-state index contributed by atoms with van der Waals surface area (Å²) in [6.45, 7) is 2.18. The van der Waals surface area contributed by atoms with E-state index in [0.717, 1.165) is 21.3 Å². The lowest BCUT2D eigenvalue weighted by atomic mass is 10.2. The Balaban J connectivity index is 1.39. The van der Waals surface area contributed by atoms with Gasteiger partial charge in [0.15, 0.2) is 0 Å². The molecule has 0 atom stereocenters. The number of amides is 1. The van der Waals surface area contributed by atoms with E-state index in [4.69, 9.17) is 10.5 Å². The predicted octanol–water partition coefficient (Wildman–Crippen LogP) is 2.51. The van der Waals surface area contributed by atoms with Gasteiger partial charge in [-0.2, -0.15) is 0 Å². The molecule has 1 amide bonds. The van der Waals surface area contributed by atoms with Crippen LogP contribution in [0.3, 0.4) is 0 Å². The number of carbonyl (C=O) groups excluding carboxylic acids is 1. The monoisotopic (exact) mass is 445 g/mol. The number of nitrogens with one attached hydrogen (secondary N) is 2. The summed E-state index contributed by atoms with van der Waals surface area (Å²) in [5.74, 6) is 0.353. The molecule has 0 saturated heterocycles. The van der Waals surface area contributed by atoms with Crippen molar-refractivity contribution in [3.8, 4) is 5.75 Å². The van der Waals surface area contributed by atoms with Crippen LogP contribution in [0.2, 0.25) is 0 Å². The Morgan fingerprint density at radius 2 is 1.93 bits per heavy atom. The molecular formula is C19H20BrN5O3. The fourth-order valence-electron chi connectivity index (χ4n) is 2.44. The van der Waals surface area contributed by atoms with Gasteiger partial charge in [0.05, 0.1) is 4.47 Å². The summed E-state index contributed by atoms with van der Waals surface area (Å²) in [6, 6.07) is 16.0. The van der Waals surface area contributed by atoms with Gasteiger partial charge in [-0.3, -0.25) is 4.79 Å². The number of nitrogen functional groups attached to an aromatic ring is 1. The molecule has 8 nitrogen and oxygen atoms in total. The first kappa shape index (κ1) is 19.8. The smallest absolute Gasteiger partial charge is 0.277 e. The number of carbonyl (C=O) groups is 1. The van der Waals surface area contributed by atoms with Crippen molar-refractivity contribution in [2.75, 3.05) is 18.8 Å². The maximum atomic E-state index is 11.8. The second kappa shape index (κ2) is 9.86. The third-order valence-electron chi connectivity index (χ3n) is 3.88. The summed E-state index contributed by atoms with van der Waals surface area (Å²) in [5.41, 5.74) is 7.67. The van der Waals surface area contributed by atoms with E-state index in [1.54, 1.807) is 0 Å². The minimum absolute atomic E-state index is 0.00461. The summed E-state index contributed by atoms with van der Waals surface area (Å²) >= 11 is 3.55. The fourth-order valence-corrected chi connectivity index (χ4v) is 2.98. The summed E-state index contributed by atoms with van der Waals surface area (Å²) in [6.07, 6.45) is 0. The first-order valence-corrected chi connectivity index (χ1v) is 9.45. The number of aromatic nitrogens is 2. The number of hydrogen-bond acceptors (Lipinski definition) is 7. The largest absolute Gasteiger partial charge is 0.488 e. The van der Waals surface area contributed by atoms with Gasteiger partial charge in [0, 0.05) is 19.6 Å². The number of nitrogens with zero attached hydrogens (tertiary/aromatic N) is 2. The van der Waals surface area contributed by atoms with Crippen molar-refractivity contribution in [3.63, 3.8) is 0 Å². The van der Waals surface area contributed by atoms with Crippen LogP contribution in [-0.4, -0.2) is 29.3 Å². The summed E-state index contributed by atoms with van der Waals surface area (Å²) in [7, 11) is 0. The number of rotatable bonds is 9. The Kier molecular flexibility index (Phi) is 6.99. The Morgan fingerprint density at radius 3 is 2.64 bits per heavy atom. The molecule has 0 aliphatic rings. The number of anilines is 1.